The van der Waals surface area contributed by atoms with E-state index in [2.05, 4.69) is 20.8 Å². The average Bonchev–Trinajstić information content (AvgIpc) is 2.91. The molecule has 0 aliphatic carbocycles. The van der Waals surface area contributed by atoms with E-state index in [-0.39, 0.29) is 17.6 Å². The van der Waals surface area contributed by atoms with Gasteiger partial charge < -0.3 is 14.9 Å². The zero-order chi connectivity index (χ0) is 18.5. The lowest BCUT2D eigenvalue weighted by Crippen LogP contribution is -2.51. The lowest BCUT2D eigenvalue weighted by Gasteiger charge is -2.35. The molecule has 0 bridgehead atoms. The molecule has 3 rings (SSSR count). The molecule has 7 heteroatoms. The minimum atomic E-state index is -0.159. The summed E-state index contributed by atoms with van der Waals surface area (Å²) in [5, 5.41) is 9.99. The second-order valence-electron chi connectivity index (χ2n) is 7.02. The maximum absolute atomic E-state index is 12.6. The van der Waals surface area contributed by atoms with E-state index in [1.54, 1.807) is 17.0 Å². The minimum absolute atomic E-state index is 0.0110. The lowest BCUT2D eigenvalue weighted by molar-refractivity contribution is -0.132. The van der Waals surface area contributed by atoms with Crippen LogP contribution in [0.4, 0.5) is 0 Å². The molecule has 2 fully saturated rings. The molecule has 26 heavy (non-hydrogen) atoms. The van der Waals surface area contributed by atoms with Crippen LogP contribution >= 0.6 is 15.9 Å². The van der Waals surface area contributed by atoms with Crippen molar-refractivity contribution in [1.82, 2.24) is 14.7 Å². The van der Waals surface area contributed by atoms with E-state index in [1.807, 2.05) is 4.90 Å². The third kappa shape index (κ3) is 4.76. The number of phenols is 1. The van der Waals surface area contributed by atoms with E-state index in [0.717, 1.165) is 30.4 Å². The Labute approximate surface area is 162 Å². The molecule has 1 aromatic rings. The molecule has 0 radical (unpaired) electrons. The van der Waals surface area contributed by atoms with Crippen LogP contribution in [0.25, 0.3) is 0 Å². The molecule has 2 saturated heterocycles. The number of amides is 2. The zero-order valence-electron chi connectivity index (χ0n) is 15.0. The van der Waals surface area contributed by atoms with Gasteiger partial charge in [-0.2, -0.15) is 0 Å². The molecule has 0 spiro atoms. The number of hydrogen-bond donors (Lipinski definition) is 1. The largest absolute Gasteiger partial charge is 0.507 e. The number of halogens is 1. The molecule has 2 amide bonds. The molecule has 0 aromatic heterocycles. The summed E-state index contributed by atoms with van der Waals surface area (Å²) >= 11 is 3.28. The first-order valence-electron chi connectivity index (χ1n) is 9.32. The molecular weight excluding hydrogens is 398 g/mol. The van der Waals surface area contributed by atoms with Crippen molar-refractivity contribution >= 4 is 27.7 Å². The Bertz CT molecular complexity index is 651. The highest BCUT2D eigenvalue weighted by Gasteiger charge is 2.26. The second kappa shape index (κ2) is 8.86. The van der Waals surface area contributed by atoms with Gasteiger partial charge in [0.25, 0.3) is 5.91 Å². The number of likely N-dealkylation sites (tertiary alicyclic amines) is 1. The van der Waals surface area contributed by atoms with Crippen LogP contribution in [0.15, 0.2) is 22.7 Å². The second-order valence-corrected chi connectivity index (χ2v) is 7.94. The summed E-state index contributed by atoms with van der Waals surface area (Å²) in [4.78, 5) is 31.0. The maximum Gasteiger partial charge on any atom is 0.257 e. The molecule has 1 aromatic carbocycles. The molecule has 2 aliphatic heterocycles. The Hall–Kier alpha value is -1.60. The van der Waals surface area contributed by atoms with E-state index in [0.29, 0.717) is 38.3 Å². The third-order valence-corrected chi connectivity index (χ3v) is 5.66. The fraction of sp³-hybridized carbons (Fsp3) is 0.579. The summed E-state index contributed by atoms with van der Waals surface area (Å²) in [6.45, 7) is 4.69. The Morgan fingerprint density at radius 1 is 0.923 bits per heavy atom. The first-order valence-corrected chi connectivity index (χ1v) is 10.1. The summed E-state index contributed by atoms with van der Waals surface area (Å²) < 4.78 is 0.739. The van der Waals surface area contributed by atoms with Gasteiger partial charge in [0, 0.05) is 43.7 Å². The van der Waals surface area contributed by atoms with Gasteiger partial charge in [0.15, 0.2) is 0 Å². The average molecular weight is 424 g/mol. The van der Waals surface area contributed by atoms with E-state index < -0.39 is 0 Å². The predicted octanol–water partition coefficient (Wildman–Crippen LogP) is 2.32. The Morgan fingerprint density at radius 2 is 1.58 bits per heavy atom. The smallest absolute Gasteiger partial charge is 0.257 e. The van der Waals surface area contributed by atoms with Gasteiger partial charge in [-0.1, -0.05) is 28.8 Å². The molecule has 0 unspecified atom stereocenters. The topological polar surface area (TPSA) is 64.1 Å². The van der Waals surface area contributed by atoms with Gasteiger partial charge in [0.2, 0.25) is 5.91 Å². The summed E-state index contributed by atoms with van der Waals surface area (Å²) in [5.41, 5.74) is 0.322. The van der Waals surface area contributed by atoms with Gasteiger partial charge in [-0.25, -0.2) is 0 Å². The van der Waals surface area contributed by atoms with Crippen LogP contribution in [-0.4, -0.2) is 77.4 Å². The van der Waals surface area contributed by atoms with E-state index in [1.165, 1.54) is 18.9 Å². The number of piperazine rings is 1. The highest BCUT2D eigenvalue weighted by molar-refractivity contribution is 9.10. The minimum Gasteiger partial charge on any atom is -0.507 e. The molecule has 0 saturated carbocycles. The lowest BCUT2D eigenvalue weighted by atomic mass is 10.1. The van der Waals surface area contributed by atoms with Crippen LogP contribution in [0.1, 0.15) is 36.0 Å². The van der Waals surface area contributed by atoms with Gasteiger partial charge in [0.05, 0.1) is 12.1 Å². The number of hydrogen-bond acceptors (Lipinski definition) is 4. The normalized spacial score (nSPS) is 19.3. The highest BCUT2D eigenvalue weighted by atomic mass is 79.9. The first-order chi connectivity index (χ1) is 12.5. The summed E-state index contributed by atoms with van der Waals surface area (Å²) in [5.74, 6) is 0.0360. The number of carbonyl (C=O) groups is 2. The van der Waals surface area contributed by atoms with E-state index in [9.17, 15) is 14.7 Å². The maximum atomic E-state index is 12.6. The number of benzene rings is 1. The van der Waals surface area contributed by atoms with Crippen molar-refractivity contribution in [2.75, 3.05) is 45.8 Å². The fourth-order valence-electron chi connectivity index (χ4n) is 3.58. The van der Waals surface area contributed by atoms with Gasteiger partial charge in [-0.15, -0.1) is 0 Å². The third-order valence-electron chi connectivity index (χ3n) is 5.17. The van der Waals surface area contributed by atoms with Crippen molar-refractivity contribution in [2.24, 2.45) is 0 Å². The Balaban J connectivity index is 1.50. The summed E-state index contributed by atoms with van der Waals surface area (Å²) in [6, 6.07) is 4.92. The quantitative estimate of drug-likeness (QED) is 0.809. The standard InChI is InChI=1S/C19H26BrN3O3/c20-15-5-6-16(17(24)13-15)19(26)23-11-9-21(10-12-23)14-18(25)22-7-3-1-2-4-8-22/h5-6,13,24H,1-4,7-12,14H2. The van der Waals surface area contributed by atoms with Crippen molar-refractivity contribution < 1.29 is 14.7 Å². The summed E-state index contributed by atoms with van der Waals surface area (Å²) in [6.07, 6.45) is 4.64. The first kappa shape index (κ1) is 19.2. The van der Waals surface area contributed by atoms with Gasteiger partial charge in [-0.05, 0) is 31.0 Å². The fourth-order valence-corrected chi connectivity index (χ4v) is 3.93. The van der Waals surface area contributed by atoms with Gasteiger partial charge in [-0.3, -0.25) is 14.5 Å². The van der Waals surface area contributed by atoms with Crippen LogP contribution in [0.2, 0.25) is 0 Å². The van der Waals surface area contributed by atoms with Crippen molar-refractivity contribution in [2.45, 2.75) is 25.7 Å². The zero-order valence-corrected chi connectivity index (χ0v) is 16.6. The summed E-state index contributed by atoms with van der Waals surface area (Å²) in [7, 11) is 0. The predicted molar refractivity (Wildman–Crippen MR) is 103 cm³/mol. The van der Waals surface area contributed by atoms with Crippen molar-refractivity contribution in [1.29, 1.82) is 0 Å². The molecule has 1 N–H and O–H groups in total. The number of phenolic OH excluding ortho intramolecular Hbond substituents is 1. The van der Waals surface area contributed by atoms with Gasteiger partial charge >= 0.3 is 0 Å². The highest BCUT2D eigenvalue weighted by Crippen LogP contribution is 2.24. The number of carbonyl (C=O) groups excluding carboxylic acids is 2. The number of nitrogens with zero attached hydrogens (tertiary/aromatic N) is 3. The van der Waals surface area contributed by atoms with Crippen LogP contribution in [-0.2, 0) is 4.79 Å². The molecule has 2 aliphatic rings. The number of rotatable bonds is 3. The molecule has 0 atom stereocenters. The monoisotopic (exact) mass is 423 g/mol. The van der Waals surface area contributed by atoms with Crippen molar-refractivity contribution in [3.05, 3.63) is 28.2 Å². The van der Waals surface area contributed by atoms with Crippen LogP contribution in [0.3, 0.4) is 0 Å². The van der Waals surface area contributed by atoms with Crippen LogP contribution in [0.5, 0.6) is 5.75 Å². The molecule has 142 valence electrons. The van der Waals surface area contributed by atoms with Crippen molar-refractivity contribution in [3.63, 3.8) is 0 Å². The molecule has 2 heterocycles. The van der Waals surface area contributed by atoms with Crippen molar-refractivity contribution in [3.8, 4) is 5.75 Å². The van der Waals surface area contributed by atoms with E-state index in [4.69, 9.17) is 0 Å². The van der Waals surface area contributed by atoms with Crippen LogP contribution < -0.4 is 0 Å². The molecule has 6 nitrogen and oxygen atoms in total. The SMILES string of the molecule is O=C(CN1CCN(C(=O)c2ccc(Br)cc2O)CC1)N1CCCCCC1. The van der Waals surface area contributed by atoms with E-state index >= 15 is 0 Å². The van der Waals surface area contributed by atoms with Gasteiger partial charge in [0.1, 0.15) is 5.75 Å². The molecular formula is C19H26BrN3O3. The Morgan fingerprint density at radius 3 is 2.19 bits per heavy atom. The van der Waals surface area contributed by atoms with Crippen LogP contribution in [0, 0.1) is 0 Å². The Kier molecular flexibility index (Phi) is 6.53. The number of aromatic hydroxyl groups is 1.